The van der Waals surface area contributed by atoms with Crippen LogP contribution < -0.4 is 10.1 Å². The minimum absolute atomic E-state index is 0.00960. The van der Waals surface area contributed by atoms with Crippen molar-refractivity contribution in [2.24, 2.45) is 5.92 Å². The van der Waals surface area contributed by atoms with Gasteiger partial charge < -0.3 is 15.0 Å². The molecule has 2 amide bonds. The summed E-state index contributed by atoms with van der Waals surface area (Å²) < 4.78 is 5.44. The summed E-state index contributed by atoms with van der Waals surface area (Å²) in [6.45, 7) is 3.16. The van der Waals surface area contributed by atoms with E-state index in [-0.39, 0.29) is 23.8 Å². The number of carbonyl (C=O) groups is 2. The summed E-state index contributed by atoms with van der Waals surface area (Å²) in [5.41, 5.74) is 1.77. The van der Waals surface area contributed by atoms with Gasteiger partial charge in [-0.25, -0.2) is 0 Å². The van der Waals surface area contributed by atoms with E-state index >= 15 is 0 Å². The molecule has 1 heterocycles. The van der Waals surface area contributed by atoms with Crippen molar-refractivity contribution in [2.45, 2.75) is 25.8 Å². The Morgan fingerprint density at radius 3 is 2.26 bits per heavy atom. The molecule has 4 rings (SSSR count). The topological polar surface area (TPSA) is 58.6 Å². The van der Waals surface area contributed by atoms with E-state index < -0.39 is 0 Å². The van der Waals surface area contributed by atoms with Gasteiger partial charge in [0.2, 0.25) is 5.91 Å². The number of fused-ring (bicyclic) bond motifs is 1. The standard InChI is InChI=1S/C26H28N2O3/c1-18(19-8-4-3-5-9-19)27-25(29)20-14-16-28(17-15-20)26(30)23-12-13-24(31-2)22-11-7-6-10-21(22)23/h3-13,18,20H,14-17H2,1-2H3,(H,27,29)/t18-/m1/s1. The molecule has 0 aromatic heterocycles. The van der Waals surface area contributed by atoms with E-state index in [2.05, 4.69) is 5.32 Å². The molecule has 1 fully saturated rings. The minimum Gasteiger partial charge on any atom is -0.496 e. The van der Waals surface area contributed by atoms with Crippen LogP contribution in [0.2, 0.25) is 0 Å². The van der Waals surface area contributed by atoms with Crippen molar-refractivity contribution >= 4 is 22.6 Å². The molecule has 0 saturated carbocycles. The quantitative estimate of drug-likeness (QED) is 0.662. The fourth-order valence-electron chi connectivity index (χ4n) is 4.31. The zero-order chi connectivity index (χ0) is 21.8. The Morgan fingerprint density at radius 1 is 0.935 bits per heavy atom. The number of benzene rings is 3. The molecule has 0 spiro atoms. The molecule has 1 atom stereocenters. The molecule has 1 saturated heterocycles. The van der Waals surface area contributed by atoms with Crippen molar-refractivity contribution in [1.82, 2.24) is 10.2 Å². The van der Waals surface area contributed by atoms with Crippen LogP contribution in [0.25, 0.3) is 10.8 Å². The highest BCUT2D eigenvalue weighted by atomic mass is 16.5. The van der Waals surface area contributed by atoms with Crippen LogP contribution in [0.3, 0.4) is 0 Å². The number of hydrogen-bond acceptors (Lipinski definition) is 3. The SMILES string of the molecule is COc1ccc(C(=O)N2CCC(C(=O)N[C@H](C)c3ccccc3)CC2)c2ccccc12. The van der Waals surface area contributed by atoms with E-state index in [0.29, 0.717) is 31.5 Å². The van der Waals surface area contributed by atoms with Gasteiger partial charge in [-0.15, -0.1) is 0 Å². The fourth-order valence-corrected chi connectivity index (χ4v) is 4.31. The summed E-state index contributed by atoms with van der Waals surface area (Å²) in [5, 5.41) is 4.94. The summed E-state index contributed by atoms with van der Waals surface area (Å²) in [6, 6.07) is 21.4. The van der Waals surface area contributed by atoms with Crippen molar-refractivity contribution in [1.29, 1.82) is 0 Å². The second-order valence-electron chi connectivity index (χ2n) is 8.07. The number of likely N-dealkylation sites (tertiary alicyclic amines) is 1. The van der Waals surface area contributed by atoms with E-state index in [9.17, 15) is 9.59 Å². The van der Waals surface area contributed by atoms with Gasteiger partial charge in [0.05, 0.1) is 13.2 Å². The molecule has 0 radical (unpaired) electrons. The Bertz CT molecular complexity index is 1070. The largest absolute Gasteiger partial charge is 0.496 e. The number of ether oxygens (including phenoxy) is 1. The van der Waals surface area contributed by atoms with Gasteiger partial charge in [0.15, 0.2) is 0 Å². The van der Waals surface area contributed by atoms with Crippen LogP contribution in [0.15, 0.2) is 66.7 Å². The van der Waals surface area contributed by atoms with Gasteiger partial charge in [0.1, 0.15) is 5.75 Å². The molecular formula is C26H28N2O3. The van der Waals surface area contributed by atoms with E-state index in [0.717, 1.165) is 22.1 Å². The first-order chi connectivity index (χ1) is 15.1. The van der Waals surface area contributed by atoms with Gasteiger partial charge in [0.25, 0.3) is 5.91 Å². The van der Waals surface area contributed by atoms with Crippen LogP contribution >= 0.6 is 0 Å². The lowest BCUT2D eigenvalue weighted by atomic mass is 9.94. The van der Waals surface area contributed by atoms with Gasteiger partial charge in [-0.3, -0.25) is 9.59 Å². The maximum Gasteiger partial charge on any atom is 0.254 e. The molecule has 0 unspecified atom stereocenters. The molecule has 0 aliphatic carbocycles. The maximum absolute atomic E-state index is 13.2. The number of hydrogen-bond donors (Lipinski definition) is 1. The summed E-state index contributed by atoms with van der Waals surface area (Å²) in [5.74, 6) is 0.770. The number of rotatable bonds is 5. The number of nitrogens with one attached hydrogen (secondary N) is 1. The number of methoxy groups -OCH3 is 1. The predicted octanol–water partition coefficient (Wildman–Crippen LogP) is 4.58. The highest BCUT2D eigenvalue weighted by Gasteiger charge is 2.29. The van der Waals surface area contributed by atoms with Gasteiger partial charge in [-0.1, -0.05) is 54.6 Å². The molecule has 3 aromatic carbocycles. The van der Waals surface area contributed by atoms with Crippen molar-refractivity contribution in [3.05, 3.63) is 77.9 Å². The monoisotopic (exact) mass is 416 g/mol. The predicted molar refractivity (Wildman–Crippen MR) is 122 cm³/mol. The third-order valence-electron chi connectivity index (χ3n) is 6.15. The number of amides is 2. The lowest BCUT2D eigenvalue weighted by Crippen LogP contribution is -2.43. The lowest BCUT2D eigenvalue weighted by Gasteiger charge is -2.32. The molecule has 0 bridgehead atoms. The minimum atomic E-state index is -0.0668. The normalized spacial score (nSPS) is 15.5. The molecule has 3 aromatic rings. The number of piperidine rings is 1. The Balaban J connectivity index is 1.40. The third kappa shape index (κ3) is 4.41. The second-order valence-corrected chi connectivity index (χ2v) is 8.07. The van der Waals surface area contributed by atoms with Crippen LogP contribution in [0.1, 0.15) is 41.7 Å². The van der Waals surface area contributed by atoms with Crippen molar-refractivity contribution in [3.8, 4) is 5.75 Å². The molecule has 1 aliphatic rings. The molecular weight excluding hydrogens is 388 g/mol. The molecule has 5 heteroatoms. The third-order valence-corrected chi connectivity index (χ3v) is 6.15. The first-order valence-corrected chi connectivity index (χ1v) is 10.8. The summed E-state index contributed by atoms with van der Waals surface area (Å²) >= 11 is 0. The van der Waals surface area contributed by atoms with Crippen molar-refractivity contribution in [3.63, 3.8) is 0 Å². The van der Waals surface area contributed by atoms with Crippen molar-refractivity contribution < 1.29 is 14.3 Å². The van der Waals surface area contributed by atoms with E-state index in [1.165, 1.54) is 0 Å². The smallest absolute Gasteiger partial charge is 0.254 e. The molecule has 160 valence electrons. The Hall–Kier alpha value is -3.34. The van der Waals surface area contributed by atoms with Crippen LogP contribution in [-0.4, -0.2) is 36.9 Å². The summed E-state index contributed by atoms with van der Waals surface area (Å²) in [6.07, 6.45) is 1.35. The fraction of sp³-hybridized carbons (Fsp3) is 0.308. The van der Waals surface area contributed by atoms with Crippen LogP contribution in [0.4, 0.5) is 0 Å². The molecule has 31 heavy (non-hydrogen) atoms. The zero-order valence-corrected chi connectivity index (χ0v) is 18.0. The molecule has 1 N–H and O–H groups in total. The Kier molecular flexibility index (Phi) is 6.21. The maximum atomic E-state index is 13.2. The van der Waals surface area contributed by atoms with E-state index in [1.54, 1.807) is 7.11 Å². The van der Waals surface area contributed by atoms with Gasteiger partial charge in [0, 0.05) is 30.0 Å². The first kappa shape index (κ1) is 20.9. The molecule has 5 nitrogen and oxygen atoms in total. The average molecular weight is 417 g/mol. The van der Waals surface area contributed by atoms with E-state index in [1.807, 2.05) is 78.6 Å². The lowest BCUT2D eigenvalue weighted by molar-refractivity contribution is -0.126. The first-order valence-electron chi connectivity index (χ1n) is 10.8. The Labute approximate surface area is 183 Å². The molecule has 1 aliphatic heterocycles. The highest BCUT2D eigenvalue weighted by Crippen LogP contribution is 2.30. The highest BCUT2D eigenvalue weighted by molar-refractivity contribution is 6.08. The van der Waals surface area contributed by atoms with Crippen LogP contribution in [0.5, 0.6) is 5.75 Å². The summed E-state index contributed by atoms with van der Waals surface area (Å²) in [4.78, 5) is 27.8. The summed E-state index contributed by atoms with van der Waals surface area (Å²) in [7, 11) is 1.64. The van der Waals surface area contributed by atoms with Crippen molar-refractivity contribution in [2.75, 3.05) is 20.2 Å². The van der Waals surface area contributed by atoms with Gasteiger partial charge in [-0.2, -0.15) is 0 Å². The average Bonchev–Trinajstić information content (AvgIpc) is 2.83. The number of nitrogens with zero attached hydrogens (tertiary/aromatic N) is 1. The number of carbonyl (C=O) groups excluding carboxylic acids is 2. The zero-order valence-electron chi connectivity index (χ0n) is 18.0. The van der Waals surface area contributed by atoms with Gasteiger partial charge >= 0.3 is 0 Å². The second kappa shape index (κ2) is 9.21. The van der Waals surface area contributed by atoms with Crippen LogP contribution in [-0.2, 0) is 4.79 Å². The Morgan fingerprint density at radius 2 is 1.58 bits per heavy atom. The van der Waals surface area contributed by atoms with E-state index in [4.69, 9.17) is 4.74 Å². The van der Waals surface area contributed by atoms with Gasteiger partial charge in [-0.05, 0) is 42.8 Å². The van der Waals surface area contributed by atoms with Crippen LogP contribution in [0, 0.1) is 5.92 Å².